The molecule has 0 amide bonds. The molecule has 0 fully saturated rings. The minimum absolute atomic E-state index is 0.0181. The van der Waals surface area contributed by atoms with Gasteiger partial charge < -0.3 is 15.1 Å². The minimum Gasteiger partial charge on any atom is -0.395 e. The maximum atomic E-state index is 12.8. The van der Waals surface area contributed by atoms with E-state index in [0.717, 1.165) is 11.3 Å². The smallest absolute Gasteiger partial charge is 0.270 e. The molecule has 9 heteroatoms. The van der Waals surface area contributed by atoms with Crippen molar-refractivity contribution in [1.82, 2.24) is 0 Å². The van der Waals surface area contributed by atoms with Gasteiger partial charge in [0.15, 0.2) is 5.78 Å². The van der Waals surface area contributed by atoms with Crippen molar-refractivity contribution in [3.63, 3.8) is 0 Å². The number of hydrogen-bond acceptors (Lipinski definition) is 8. The Balaban J connectivity index is 1.54. The third-order valence-electron chi connectivity index (χ3n) is 5.23. The van der Waals surface area contributed by atoms with Crippen LogP contribution < -0.4 is 4.90 Å². The Morgan fingerprint density at radius 2 is 1.34 bits per heavy atom. The first-order valence-corrected chi connectivity index (χ1v) is 9.98. The number of ketones is 1. The van der Waals surface area contributed by atoms with E-state index in [-0.39, 0.29) is 24.7 Å². The third kappa shape index (κ3) is 4.11. The van der Waals surface area contributed by atoms with Crippen molar-refractivity contribution < 1.29 is 19.9 Å². The van der Waals surface area contributed by atoms with Crippen molar-refractivity contribution in [2.45, 2.75) is 0 Å². The molecule has 0 atom stereocenters. The van der Waals surface area contributed by atoms with Gasteiger partial charge in [0.05, 0.1) is 29.5 Å². The molecular formula is C23H20N4O5. The highest BCUT2D eigenvalue weighted by Crippen LogP contribution is 2.40. The number of carbonyl (C=O) groups excluding carboxylic acids is 1. The summed E-state index contributed by atoms with van der Waals surface area (Å²) in [4.78, 5) is 25.1. The van der Waals surface area contributed by atoms with Crippen molar-refractivity contribution >= 4 is 28.5 Å². The molecule has 1 aliphatic carbocycles. The number of aliphatic hydroxyl groups is 2. The standard InChI is InChI=1S/C23H20N4O5/c28-11-9-26(10-12-29)17-4-1-15(2-5-17)24-25-16-3-7-19-20-8-6-18(27(31)32)14-22(20)23(30)21(19)13-16/h1-8,13-14,28-29H,9-12H2. The Labute approximate surface area is 183 Å². The van der Waals surface area contributed by atoms with E-state index in [4.69, 9.17) is 10.2 Å². The van der Waals surface area contributed by atoms with E-state index in [1.165, 1.54) is 12.1 Å². The van der Waals surface area contributed by atoms with E-state index in [1.54, 1.807) is 36.4 Å². The molecule has 0 heterocycles. The average Bonchev–Trinajstić information content (AvgIpc) is 3.09. The molecule has 0 aliphatic heterocycles. The molecule has 0 bridgehead atoms. The summed E-state index contributed by atoms with van der Waals surface area (Å²) in [5, 5.41) is 37.8. The maximum absolute atomic E-state index is 12.8. The first kappa shape index (κ1) is 21.3. The molecule has 1 aliphatic rings. The second-order valence-electron chi connectivity index (χ2n) is 7.20. The molecule has 162 valence electrons. The van der Waals surface area contributed by atoms with Crippen molar-refractivity contribution in [2.75, 3.05) is 31.2 Å². The number of benzene rings is 3. The molecule has 0 radical (unpaired) electrons. The van der Waals surface area contributed by atoms with Crippen molar-refractivity contribution in [3.8, 4) is 11.1 Å². The molecule has 0 unspecified atom stereocenters. The molecule has 0 saturated heterocycles. The quantitative estimate of drug-likeness (QED) is 0.246. The summed E-state index contributed by atoms with van der Waals surface area (Å²) in [6.07, 6.45) is 0. The molecule has 9 nitrogen and oxygen atoms in total. The summed E-state index contributed by atoms with van der Waals surface area (Å²) in [6, 6.07) is 16.6. The van der Waals surface area contributed by atoms with Gasteiger partial charge in [-0.3, -0.25) is 14.9 Å². The average molecular weight is 432 g/mol. The van der Waals surface area contributed by atoms with Crippen molar-refractivity contribution in [2.24, 2.45) is 10.2 Å². The van der Waals surface area contributed by atoms with Crippen LogP contribution in [0.2, 0.25) is 0 Å². The summed E-state index contributed by atoms with van der Waals surface area (Å²) < 4.78 is 0. The fourth-order valence-electron chi connectivity index (χ4n) is 3.69. The van der Waals surface area contributed by atoms with Crippen LogP contribution in [0.3, 0.4) is 0 Å². The van der Waals surface area contributed by atoms with Gasteiger partial charge >= 0.3 is 0 Å². The zero-order chi connectivity index (χ0) is 22.7. The molecule has 32 heavy (non-hydrogen) atoms. The Morgan fingerprint density at radius 1 is 0.781 bits per heavy atom. The zero-order valence-corrected chi connectivity index (χ0v) is 17.0. The molecular weight excluding hydrogens is 412 g/mol. The van der Waals surface area contributed by atoms with Gasteiger partial charge in [-0.2, -0.15) is 10.2 Å². The molecule has 2 N–H and O–H groups in total. The Bertz CT molecular complexity index is 1200. The van der Waals surface area contributed by atoms with Crippen LogP contribution in [0.25, 0.3) is 11.1 Å². The first-order chi connectivity index (χ1) is 15.5. The number of azo groups is 1. The van der Waals surface area contributed by atoms with Gasteiger partial charge in [0, 0.05) is 42.0 Å². The summed E-state index contributed by atoms with van der Waals surface area (Å²) in [7, 11) is 0. The fraction of sp³-hybridized carbons (Fsp3) is 0.174. The van der Waals surface area contributed by atoms with Crippen LogP contribution in [-0.4, -0.2) is 47.2 Å². The van der Waals surface area contributed by atoms with Crippen LogP contribution in [0.1, 0.15) is 15.9 Å². The topological polar surface area (TPSA) is 129 Å². The first-order valence-electron chi connectivity index (χ1n) is 9.98. The van der Waals surface area contributed by atoms with Gasteiger partial charge in [-0.05, 0) is 53.6 Å². The number of nitro benzene ring substituents is 1. The molecule has 3 aromatic carbocycles. The monoisotopic (exact) mass is 432 g/mol. The van der Waals surface area contributed by atoms with Gasteiger partial charge in [-0.1, -0.05) is 6.07 Å². The number of rotatable bonds is 8. The summed E-state index contributed by atoms with van der Waals surface area (Å²) in [5.74, 6) is -0.270. The predicted octanol–water partition coefficient (Wildman–Crippen LogP) is 4.01. The van der Waals surface area contributed by atoms with Gasteiger partial charge in [0.1, 0.15) is 0 Å². The Hall–Kier alpha value is -3.95. The largest absolute Gasteiger partial charge is 0.395 e. The van der Waals surface area contributed by atoms with Crippen molar-refractivity contribution in [3.05, 3.63) is 81.9 Å². The molecule has 4 rings (SSSR count). The SMILES string of the molecule is O=C1c2cc(N=Nc3ccc(N(CCO)CCO)cc3)ccc2-c2ccc([N+](=O)[O-])cc21. The predicted molar refractivity (Wildman–Crippen MR) is 119 cm³/mol. The van der Waals surface area contributed by atoms with E-state index < -0.39 is 4.92 Å². The number of nitrogens with zero attached hydrogens (tertiary/aromatic N) is 4. The van der Waals surface area contributed by atoms with Crippen LogP contribution in [0.15, 0.2) is 70.9 Å². The maximum Gasteiger partial charge on any atom is 0.270 e. The lowest BCUT2D eigenvalue weighted by atomic mass is 10.1. The van der Waals surface area contributed by atoms with E-state index >= 15 is 0 Å². The second-order valence-corrected chi connectivity index (χ2v) is 7.20. The Morgan fingerprint density at radius 3 is 1.97 bits per heavy atom. The van der Waals surface area contributed by atoms with Crippen LogP contribution in [0.4, 0.5) is 22.7 Å². The van der Waals surface area contributed by atoms with Crippen molar-refractivity contribution in [1.29, 1.82) is 0 Å². The fourth-order valence-corrected chi connectivity index (χ4v) is 3.69. The van der Waals surface area contributed by atoms with Gasteiger partial charge in [-0.15, -0.1) is 0 Å². The van der Waals surface area contributed by atoms with Crippen LogP contribution in [0, 0.1) is 10.1 Å². The number of nitro groups is 1. The highest BCUT2D eigenvalue weighted by Gasteiger charge is 2.28. The lowest BCUT2D eigenvalue weighted by Gasteiger charge is -2.22. The van der Waals surface area contributed by atoms with E-state index in [2.05, 4.69) is 10.2 Å². The highest BCUT2D eigenvalue weighted by molar-refractivity contribution is 6.22. The van der Waals surface area contributed by atoms with Gasteiger partial charge in [0.2, 0.25) is 0 Å². The number of carbonyl (C=O) groups is 1. The Kier molecular flexibility index (Phi) is 6.02. The minimum atomic E-state index is -0.520. The number of anilines is 1. The summed E-state index contributed by atoms with van der Waals surface area (Å²) >= 11 is 0. The van der Waals surface area contributed by atoms with Crippen LogP contribution in [0.5, 0.6) is 0 Å². The molecule has 0 spiro atoms. The van der Waals surface area contributed by atoms with E-state index in [9.17, 15) is 14.9 Å². The summed E-state index contributed by atoms with van der Waals surface area (Å²) in [5.41, 5.74) is 3.97. The molecule has 0 aromatic heterocycles. The lowest BCUT2D eigenvalue weighted by Crippen LogP contribution is -2.29. The molecule has 3 aromatic rings. The van der Waals surface area contributed by atoms with Gasteiger partial charge in [-0.25, -0.2) is 0 Å². The normalized spacial score (nSPS) is 12.1. The molecule has 0 saturated carbocycles. The van der Waals surface area contributed by atoms with Crippen LogP contribution in [-0.2, 0) is 0 Å². The zero-order valence-electron chi connectivity index (χ0n) is 17.0. The highest BCUT2D eigenvalue weighted by atomic mass is 16.6. The van der Waals surface area contributed by atoms with Gasteiger partial charge in [0.25, 0.3) is 5.69 Å². The number of hydrogen-bond donors (Lipinski definition) is 2. The second kappa shape index (κ2) is 9.04. The van der Waals surface area contributed by atoms with Crippen LogP contribution >= 0.6 is 0 Å². The number of aliphatic hydroxyl groups excluding tert-OH is 2. The lowest BCUT2D eigenvalue weighted by molar-refractivity contribution is -0.384. The van der Waals surface area contributed by atoms with E-state index in [1.807, 2.05) is 17.0 Å². The van der Waals surface area contributed by atoms with E-state index in [0.29, 0.717) is 41.2 Å². The summed E-state index contributed by atoms with van der Waals surface area (Å²) in [6.45, 7) is 0.789. The number of fused-ring (bicyclic) bond motifs is 3. The number of non-ortho nitro benzene ring substituents is 1. The third-order valence-corrected chi connectivity index (χ3v) is 5.23.